The molecule has 4 nitrogen and oxygen atoms in total. The van der Waals surface area contributed by atoms with Crippen LogP contribution >= 0.6 is 0 Å². The number of esters is 1. The fraction of sp³-hybridized carbons (Fsp3) is 0.333. The predicted octanol–water partition coefficient (Wildman–Crippen LogP) is 5.48. The van der Waals surface area contributed by atoms with E-state index in [4.69, 9.17) is 4.74 Å². The Kier molecular flexibility index (Phi) is 7.42. The lowest BCUT2D eigenvalue weighted by molar-refractivity contribution is -0.140. The van der Waals surface area contributed by atoms with Crippen molar-refractivity contribution in [3.63, 3.8) is 0 Å². The van der Waals surface area contributed by atoms with E-state index in [0.717, 1.165) is 54.5 Å². The third-order valence-electron chi connectivity index (χ3n) is 4.77. The lowest BCUT2D eigenvalue weighted by Crippen LogP contribution is -1.99. The third-order valence-corrected chi connectivity index (χ3v) is 4.77. The Labute approximate surface area is 166 Å². The topological polar surface area (TPSA) is 48.4 Å². The maximum Gasteiger partial charge on any atom is 0.305 e. The van der Waals surface area contributed by atoms with Crippen molar-refractivity contribution in [1.29, 1.82) is 0 Å². The van der Waals surface area contributed by atoms with E-state index in [2.05, 4.69) is 34.0 Å². The van der Waals surface area contributed by atoms with Gasteiger partial charge < -0.3 is 9.47 Å². The van der Waals surface area contributed by atoms with E-state index >= 15 is 0 Å². The lowest BCUT2D eigenvalue weighted by Gasteiger charge is -2.09. The molecule has 0 saturated heterocycles. The quantitative estimate of drug-likeness (QED) is 0.347. The van der Waals surface area contributed by atoms with Gasteiger partial charge >= 0.3 is 5.97 Å². The first-order valence-electron chi connectivity index (χ1n) is 9.88. The van der Waals surface area contributed by atoms with E-state index in [0.29, 0.717) is 13.0 Å². The van der Waals surface area contributed by atoms with Crippen molar-refractivity contribution in [2.24, 2.45) is 0 Å². The zero-order valence-corrected chi connectivity index (χ0v) is 16.4. The van der Waals surface area contributed by atoms with Gasteiger partial charge in [0.1, 0.15) is 12.4 Å². The molecule has 0 aliphatic rings. The molecule has 0 bridgehead atoms. The summed E-state index contributed by atoms with van der Waals surface area (Å²) in [7, 11) is 1.44. The van der Waals surface area contributed by atoms with Crippen molar-refractivity contribution in [3.8, 4) is 5.75 Å². The molecule has 3 rings (SSSR count). The summed E-state index contributed by atoms with van der Waals surface area (Å²) in [5.41, 5.74) is 3.19. The minimum Gasteiger partial charge on any atom is -0.487 e. The van der Waals surface area contributed by atoms with Gasteiger partial charge in [-0.2, -0.15) is 0 Å². The molecule has 0 saturated carbocycles. The Morgan fingerprint density at radius 1 is 0.929 bits per heavy atom. The van der Waals surface area contributed by atoms with Gasteiger partial charge in [-0.25, -0.2) is 4.98 Å². The Morgan fingerprint density at radius 3 is 2.68 bits per heavy atom. The summed E-state index contributed by atoms with van der Waals surface area (Å²) in [6.07, 6.45) is 5.71. The number of hydrogen-bond donors (Lipinski definition) is 0. The number of carbonyl (C=O) groups is 1. The van der Waals surface area contributed by atoms with Gasteiger partial charge in [0.05, 0.1) is 18.3 Å². The molecular formula is C24H27NO3. The molecule has 0 radical (unpaired) electrons. The number of para-hydroxylation sites is 1. The maximum atomic E-state index is 11.1. The van der Waals surface area contributed by atoms with Crippen LogP contribution in [-0.4, -0.2) is 18.1 Å². The van der Waals surface area contributed by atoms with Crippen molar-refractivity contribution >= 4 is 16.9 Å². The molecule has 4 heteroatoms. The first-order valence-corrected chi connectivity index (χ1v) is 9.88. The van der Waals surface area contributed by atoms with Gasteiger partial charge in [-0.05, 0) is 49.1 Å². The Hall–Kier alpha value is -2.88. The number of rotatable bonds is 10. The number of ether oxygens (including phenoxy) is 2. The molecule has 28 heavy (non-hydrogen) atoms. The van der Waals surface area contributed by atoms with E-state index in [1.54, 1.807) is 0 Å². The first kappa shape index (κ1) is 19.9. The average molecular weight is 377 g/mol. The Morgan fingerprint density at radius 2 is 1.79 bits per heavy atom. The van der Waals surface area contributed by atoms with E-state index in [1.807, 2.05) is 36.4 Å². The van der Waals surface area contributed by atoms with Crippen LogP contribution in [0.3, 0.4) is 0 Å². The zero-order valence-electron chi connectivity index (χ0n) is 16.4. The SMILES string of the molecule is COC(=O)CCCCCCc1cccc(OCc2ccc3ccccc3n2)c1. The third kappa shape index (κ3) is 6.08. The first-order chi connectivity index (χ1) is 13.7. The summed E-state index contributed by atoms with van der Waals surface area (Å²) in [5, 5.41) is 1.14. The molecule has 0 unspecified atom stereocenters. The number of aryl methyl sites for hydroxylation is 1. The van der Waals surface area contributed by atoms with Crippen LogP contribution in [0.1, 0.15) is 43.4 Å². The highest BCUT2D eigenvalue weighted by atomic mass is 16.5. The summed E-state index contributed by atoms with van der Waals surface area (Å²) >= 11 is 0. The molecule has 0 atom stereocenters. The minimum atomic E-state index is -0.120. The molecule has 0 N–H and O–H groups in total. The van der Waals surface area contributed by atoms with Gasteiger partial charge in [0.15, 0.2) is 0 Å². The van der Waals surface area contributed by atoms with Crippen molar-refractivity contribution in [1.82, 2.24) is 4.98 Å². The molecule has 1 aromatic heterocycles. The summed E-state index contributed by atoms with van der Waals surface area (Å²) in [5.74, 6) is 0.754. The van der Waals surface area contributed by atoms with E-state index in [-0.39, 0.29) is 5.97 Å². The molecule has 3 aromatic rings. The van der Waals surface area contributed by atoms with Crippen LogP contribution in [-0.2, 0) is 22.6 Å². The van der Waals surface area contributed by atoms with Gasteiger partial charge in [0.25, 0.3) is 0 Å². The zero-order chi connectivity index (χ0) is 19.6. The number of aromatic nitrogens is 1. The number of hydrogen-bond acceptors (Lipinski definition) is 4. The van der Waals surface area contributed by atoms with Crippen LogP contribution in [0.25, 0.3) is 10.9 Å². The van der Waals surface area contributed by atoms with E-state index in [9.17, 15) is 4.79 Å². The molecule has 0 aliphatic carbocycles. The molecule has 0 amide bonds. The predicted molar refractivity (Wildman–Crippen MR) is 111 cm³/mol. The molecule has 0 fully saturated rings. The summed E-state index contributed by atoms with van der Waals surface area (Å²) in [6.45, 7) is 0.460. The summed E-state index contributed by atoms with van der Waals surface area (Å²) in [4.78, 5) is 15.7. The monoisotopic (exact) mass is 377 g/mol. The van der Waals surface area contributed by atoms with E-state index in [1.165, 1.54) is 12.7 Å². The van der Waals surface area contributed by atoms with Crippen LogP contribution in [0.4, 0.5) is 0 Å². The van der Waals surface area contributed by atoms with E-state index < -0.39 is 0 Å². The van der Waals surface area contributed by atoms with Crippen molar-refractivity contribution in [2.75, 3.05) is 7.11 Å². The van der Waals surface area contributed by atoms with Crippen LogP contribution in [0.15, 0.2) is 60.7 Å². The fourth-order valence-corrected chi connectivity index (χ4v) is 3.19. The standard InChI is InChI=1S/C24H27NO3/c1-27-24(26)14-5-3-2-4-9-19-10-8-12-22(17-19)28-18-21-16-15-20-11-6-7-13-23(20)25-21/h6-8,10-13,15-17H,2-5,9,14,18H2,1H3. The minimum absolute atomic E-state index is 0.120. The molecule has 146 valence electrons. The number of nitrogens with zero attached hydrogens (tertiary/aromatic N) is 1. The Balaban J connectivity index is 1.44. The largest absolute Gasteiger partial charge is 0.487 e. The lowest BCUT2D eigenvalue weighted by atomic mass is 10.1. The highest BCUT2D eigenvalue weighted by Gasteiger charge is 2.02. The van der Waals surface area contributed by atoms with Crippen molar-refractivity contribution < 1.29 is 14.3 Å². The highest BCUT2D eigenvalue weighted by molar-refractivity contribution is 5.78. The summed E-state index contributed by atoms with van der Waals surface area (Å²) < 4.78 is 10.6. The number of pyridine rings is 1. The van der Waals surface area contributed by atoms with Crippen molar-refractivity contribution in [2.45, 2.75) is 45.1 Å². The number of fused-ring (bicyclic) bond motifs is 1. The number of unbranched alkanes of at least 4 members (excludes halogenated alkanes) is 3. The molecule has 0 spiro atoms. The average Bonchev–Trinajstić information content (AvgIpc) is 2.74. The summed E-state index contributed by atoms with van der Waals surface area (Å²) in [6, 6.07) is 20.5. The van der Waals surface area contributed by atoms with Gasteiger partial charge in [0.2, 0.25) is 0 Å². The van der Waals surface area contributed by atoms with Gasteiger partial charge in [-0.1, -0.05) is 49.2 Å². The second-order valence-corrected chi connectivity index (χ2v) is 6.92. The fourth-order valence-electron chi connectivity index (χ4n) is 3.19. The molecule has 0 aliphatic heterocycles. The number of carbonyl (C=O) groups excluding carboxylic acids is 1. The van der Waals surface area contributed by atoms with Crippen LogP contribution in [0.5, 0.6) is 5.75 Å². The van der Waals surface area contributed by atoms with Gasteiger partial charge in [-0.15, -0.1) is 0 Å². The molecular weight excluding hydrogens is 350 g/mol. The second-order valence-electron chi connectivity index (χ2n) is 6.92. The van der Waals surface area contributed by atoms with Crippen LogP contribution < -0.4 is 4.74 Å². The Bertz CT molecular complexity index is 907. The highest BCUT2D eigenvalue weighted by Crippen LogP contribution is 2.18. The van der Waals surface area contributed by atoms with Gasteiger partial charge in [-0.3, -0.25) is 4.79 Å². The second kappa shape index (κ2) is 10.5. The van der Waals surface area contributed by atoms with Crippen molar-refractivity contribution in [3.05, 3.63) is 71.9 Å². The molecule has 1 heterocycles. The number of methoxy groups -OCH3 is 1. The van der Waals surface area contributed by atoms with Crippen LogP contribution in [0.2, 0.25) is 0 Å². The normalized spacial score (nSPS) is 10.8. The number of benzene rings is 2. The maximum absolute atomic E-state index is 11.1. The van der Waals surface area contributed by atoms with Crippen LogP contribution in [0, 0.1) is 0 Å². The molecule has 2 aromatic carbocycles. The van der Waals surface area contributed by atoms with Gasteiger partial charge in [0, 0.05) is 11.8 Å². The smallest absolute Gasteiger partial charge is 0.305 e.